The molecule has 0 spiro atoms. The number of hydrogen-bond donors (Lipinski definition) is 2. The maximum atomic E-state index is 9.82. The van der Waals surface area contributed by atoms with Gasteiger partial charge in [0.05, 0.1) is 17.8 Å². The fraction of sp³-hybridized carbons (Fsp3) is 1.00. The maximum absolute atomic E-state index is 9.82. The summed E-state index contributed by atoms with van der Waals surface area (Å²) in [5, 5.41) is 9.82. The molecule has 16 heavy (non-hydrogen) atoms. The van der Waals surface area contributed by atoms with Crippen molar-refractivity contribution in [2.24, 2.45) is 5.73 Å². The molecule has 3 N–H and O–H groups in total. The Morgan fingerprint density at radius 2 is 1.81 bits per heavy atom. The first kappa shape index (κ1) is 13.9. The molecular formula is C11H24N2O3. The molecule has 1 aliphatic rings. The van der Waals surface area contributed by atoms with Crippen molar-refractivity contribution in [3.8, 4) is 0 Å². The molecule has 0 aromatic carbocycles. The van der Waals surface area contributed by atoms with Crippen LogP contribution >= 0.6 is 0 Å². The van der Waals surface area contributed by atoms with Crippen molar-refractivity contribution < 1.29 is 14.6 Å². The first-order valence-corrected chi connectivity index (χ1v) is 5.73. The highest BCUT2D eigenvalue weighted by atomic mass is 16.5. The van der Waals surface area contributed by atoms with Gasteiger partial charge in [-0.3, -0.25) is 4.90 Å². The van der Waals surface area contributed by atoms with Gasteiger partial charge >= 0.3 is 0 Å². The Labute approximate surface area is 97.5 Å². The van der Waals surface area contributed by atoms with Gasteiger partial charge in [-0.05, 0) is 13.3 Å². The number of nitrogens with two attached hydrogens (primary N) is 1. The monoisotopic (exact) mass is 232 g/mol. The highest BCUT2D eigenvalue weighted by molar-refractivity contribution is 4.87. The Morgan fingerprint density at radius 3 is 2.19 bits per heavy atom. The molecule has 1 rings (SSSR count). The van der Waals surface area contributed by atoms with Crippen LogP contribution < -0.4 is 5.73 Å². The number of likely N-dealkylation sites (tertiary alicyclic amines) is 1. The fourth-order valence-electron chi connectivity index (χ4n) is 1.95. The van der Waals surface area contributed by atoms with E-state index >= 15 is 0 Å². The second-order valence-electron chi connectivity index (χ2n) is 4.76. The number of aliphatic hydroxyl groups is 1. The van der Waals surface area contributed by atoms with Gasteiger partial charge in [-0.15, -0.1) is 0 Å². The molecule has 0 radical (unpaired) electrons. The summed E-state index contributed by atoms with van der Waals surface area (Å²) in [6.07, 6.45) is 0.941. The van der Waals surface area contributed by atoms with E-state index in [1.807, 2.05) is 0 Å². The average molecular weight is 232 g/mol. The van der Waals surface area contributed by atoms with Gasteiger partial charge in [0.2, 0.25) is 0 Å². The number of hydrogen-bond acceptors (Lipinski definition) is 5. The van der Waals surface area contributed by atoms with Crippen molar-refractivity contribution in [1.82, 2.24) is 4.90 Å². The summed E-state index contributed by atoms with van der Waals surface area (Å²) in [6, 6.07) is 0. The molecular weight excluding hydrogens is 208 g/mol. The third-order valence-corrected chi connectivity index (χ3v) is 3.30. The molecule has 5 heteroatoms. The van der Waals surface area contributed by atoms with Gasteiger partial charge in [0.1, 0.15) is 0 Å². The van der Waals surface area contributed by atoms with E-state index in [1.165, 1.54) is 0 Å². The predicted molar refractivity (Wildman–Crippen MR) is 62.3 cm³/mol. The van der Waals surface area contributed by atoms with E-state index in [1.54, 1.807) is 21.1 Å². The van der Waals surface area contributed by atoms with E-state index in [0.717, 1.165) is 19.6 Å². The van der Waals surface area contributed by atoms with Crippen LogP contribution in [-0.4, -0.2) is 68.2 Å². The summed E-state index contributed by atoms with van der Waals surface area (Å²) in [6.45, 7) is 4.60. The van der Waals surface area contributed by atoms with Gasteiger partial charge < -0.3 is 20.3 Å². The highest BCUT2D eigenvalue weighted by Crippen LogP contribution is 2.17. The van der Waals surface area contributed by atoms with Crippen molar-refractivity contribution in [3.05, 3.63) is 0 Å². The van der Waals surface area contributed by atoms with E-state index in [0.29, 0.717) is 13.0 Å². The van der Waals surface area contributed by atoms with Crippen LogP contribution in [0.5, 0.6) is 0 Å². The molecule has 0 amide bonds. The Morgan fingerprint density at radius 1 is 1.31 bits per heavy atom. The van der Waals surface area contributed by atoms with Crippen molar-refractivity contribution in [1.29, 1.82) is 0 Å². The van der Waals surface area contributed by atoms with E-state index in [-0.39, 0.29) is 12.2 Å². The Bertz CT molecular complexity index is 199. The minimum absolute atomic E-state index is 0.132. The lowest BCUT2D eigenvalue weighted by Gasteiger charge is -2.24. The zero-order valence-electron chi connectivity index (χ0n) is 10.5. The molecule has 1 saturated heterocycles. The summed E-state index contributed by atoms with van der Waals surface area (Å²) in [7, 11) is 3.41. The predicted octanol–water partition coefficient (Wildman–Crippen LogP) is -0.568. The lowest BCUT2D eigenvalue weighted by atomic mass is 10.0. The first-order valence-electron chi connectivity index (χ1n) is 5.73. The van der Waals surface area contributed by atoms with Crippen molar-refractivity contribution in [2.45, 2.75) is 31.2 Å². The summed E-state index contributed by atoms with van der Waals surface area (Å²) in [4.78, 5) is 2.24. The van der Waals surface area contributed by atoms with Crippen molar-refractivity contribution in [2.75, 3.05) is 40.4 Å². The zero-order valence-corrected chi connectivity index (χ0v) is 10.5. The molecule has 96 valence electrons. The Kier molecular flexibility index (Phi) is 5.14. The highest BCUT2D eigenvalue weighted by Gasteiger charge is 2.33. The van der Waals surface area contributed by atoms with E-state index < -0.39 is 5.60 Å². The van der Waals surface area contributed by atoms with Gasteiger partial charge in [-0.1, -0.05) is 0 Å². The van der Waals surface area contributed by atoms with Crippen LogP contribution in [0.15, 0.2) is 0 Å². The van der Waals surface area contributed by atoms with Gasteiger partial charge in [0.15, 0.2) is 0 Å². The quantitative estimate of drug-likeness (QED) is 0.642. The molecule has 5 nitrogen and oxygen atoms in total. The van der Waals surface area contributed by atoms with Crippen LogP contribution in [0.1, 0.15) is 13.3 Å². The van der Waals surface area contributed by atoms with Crippen molar-refractivity contribution in [3.63, 3.8) is 0 Å². The molecule has 0 saturated carbocycles. The number of methoxy groups -OCH3 is 2. The van der Waals surface area contributed by atoms with E-state index in [4.69, 9.17) is 15.2 Å². The standard InChI is InChI=1S/C11H24N2O3/c1-11(14,8-12)4-5-13-6-9(15-2)10(7-13)16-3/h9-10,14H,4-8,12H2,1-3H3. The zero-order chi connectivity index (χ0) is 12.2. The molecule has 0 aromatic rings. The number of rotatable bonds is 6. The topological polar surface area (TPSA) is 68.0 Å². The largest absolute Gasteiger partial charge is 0.389 e. The first-order chi connectivity index (χ1) is 7.52. The van der Waals surface area contributed by atoms with Gasteiger partial charge in [0.25, 0.3) is 0 Å². The van der Waals surface area contributed by atoms with Crippen LogP contribution in [0.4, 0.5) is 0 Å². The van der Waals surface area contributed by atoms with Crippen LogP contribution in [0.2, 0.25) is 0 Å². The molecule has 3 unspecified atom stereocenters. The molecule has 0 aromatic heterocycles. The van der Waals surface area contributed by atoms with Crippen LogP contribution in [0.3, 0.4) is 0 Å². The number of ether oxygens (including phenoxy) is 2. The van der Waals surface area contributed by atoms with Gasteiger partial charge in [-0.2, -0.15) is 0 Å². The second kappa shape index (κ2) is 5.93. The summed E-state index contributed by atoms with van der Waals surface area (Å²) in [5.74, 6) is 0. The molecule has 0 aliphatic carbocycles. The summed E-state index contributed by atoms with van der Waals surface area (Å²) < 4.78 is 10.7. The maximum Gasteiger partial charge on any atom is 0.0971 e. The lowest BCUT2D eigenvalue weighted by molar-refractivity contribution is -0.00461. The fourth-order valence-corrected chi connectivity index (χ4v) is 1.95. The lowest BCUT2D eigenvalue weighted by Crippen LogP contribution is -2.38. The molecule has 1 heterocycles. The molecule has 0 bridgehead atoms. The molecule has 1 fully saturated rings. The van der Waals surface area contributed by atoms with Gasteiger partial charge in [-0.25, -0.2) is 0 Å². The van der Waals surface area contributed by atoms with Crippen LogP contribution in [0, 0.1) is 0 Å². The normalized spacial score (nSPS) is 30.6. The smallest absolute Gasteiger partial charge is 0.0971 e. The van der Waals surface area contributed by atoms with Crippen LogP contribution in [0.25, 0.3) is 0 Å². The summed E-state index contributed by atoms with van der Waals surface area (Å²) in [5.41, 5.74) is 4.71. The third kappa shape index (κ3) is 3.68. The van der Waals surface area contributed by atoms with E-state index in [2.05, 4.69) is 4.90 Å². The minimum Gasteiger partial charge on any atom is -0.389 e. The second-order valence-corrected chi connectivity index (χ2v) is 4.76. The average Bonchev–Trinajstić information content (AvgIpc) is 2.69. The third-order valence-electron chi connectivity index (χ3n) is 3.30. The molecule has 1 aliphatic heterocycles. The van der Waals surface area contributed by atoms with Gasteiger partial charge in [0, 0.05) is 40.4 Å². The molecule has 3 atom stereocenters. The Balaban J connectivity index is 2.35. The summed E-state index contributed by atoms with van der Waals surface area (Å²) >= 11 is 0. The van der Waals surface area contributed by atoms with Crippen molar-refractivity contribution >= 4 is 0 Å². The Hall–Kier alpha value is -0.200. The number of nitrogens with zero attached hydrogens (tertiary/aromatic N) is 1. The minimum atomic E-state index is -0.770. The van der Waals surface area contributed by atoms with E-state index in [9.17, 15) is 5.11 Å². The van der Waals surface area contributed by atoms with Crippen LogP contribution in [-0.2, 0) is 9.47 Å². The SMILES string of the molecule is COC1CN(CCC(C)(O)CN)CC1OC.